The van der Waals surface area contributed by atoms with Gasteiger partial charge in [-0.15, -0.1) is 0 Å². The number of esters is 1. The summed E-state index contributed by atoms with van der Waals surface area (Å²) in [6, 6.07) is 0. The molecule has 0 saturated heterocycles. The molecule has 0 aliphatic heterocycles. The molecule has 0 aliphatic rings. The molecule has 1 heterocycles. The zero-order chi connectivity index (χ0) is 10.7. The normalized spacial score (nSPS) is 12.6. The molecule has 0 aromatic carbocycles. The van der Waals surface area contributed by atoms with E-state index in [9.17, 15) is 9.90 Å². The van der Waals surface area contributed by atoms with Gasteiger partial charge in [-0.05, 0) is 20.8 Å². The Hall–Kier alpha value is -1.36. The topological polar surface area (TPSA) is 72.6 Å². The first-order chi connectivity index (χ1) is 6.57. The zero-order valence-corrected chi connectivity index (χ0v) is 8.40. The van der Waals surface area contributed by atoms with E-state index in [0.29, 0.717) is 5.69 Å². The fraction of sp³-hybridized carbons (Fsp3) is 0.556. The second-order valence-electron chi connectivity index (χ2n) is 2.90. The van der Waals surface area contributed by atoms with Gasteiger partial charge < -0.3 is 14.4 Å². The van der Waals surface area contributed by atoms with E-state index in [1.807, 2.05) is 0 Å². The molecule has 78 valence electrons. The molecule has 0 unspecified atom stereocenters. The van der Waals surface area contributed by atoms with Crippen LogP contribution in [-0.2, 0) is 4.74 Å². The van der Waals surface area contributed by atoms with E-state index in [4.69, 9.17) is 9.26 Å². The van der Waals surface area contributed by atoms with Gasteiger partial charge in [-0.3, -0.25) is 0 Å². The number of hydrogen-bond donors (Lipinski definition) is 1. The van der Waals surface area contributed by atoms with E-state index in [2.05, 4.69) is 5.16 Å². The monoisotopic (exact) mass is 199 g/mol. The van der Waals surface area contributed by atoms with Crippen LogP contribution < -0.4 is 0 Å². The molecule has 0 bridgehead atoms. The largest absolute Gasteiger partial charge is 0.462 e. The molecule has 0 fully saturated rings. The molecule has 0 aliphatic carbocycles. The first-order valence-corrected chi connectivity index (χ1v) is 4.39. The summed E-state index contributed by atoms with van der Waals surface area (Å²) in [5.74, 6) is -0.358. The highest BCUT2D eigenvalue weighted by Crippen LogP contribution is 2.21. The van der Waals surface area contributed by atoms with Crippen LogP contribution in [-0.4, -0.2) is 22.8 Å². The van der Waals surface area contributed by atoms with Crippen LogP contribution >= 0.6 is 0 Å². The van der Waals surface area contributed by atoms with Gasteiger partial charge in [0.1, 0.15) is 11.7 Å². The molecule has 1 atom stereocenters. The van der Waals surface area contributed by atoms with Crippen molar-refractivity contribution in [3.63, 3.8) is 0 Å². The smallest absolute Gasteiger partial charge is 0.343 e. The number of aromatic nitrogens is 1. The number of aliphatic hydroxyl groups is 1. The van der Waals surface area contributed by atoms with Crippen molar-refractivity contribution in [1.82, 2.24) is 5.16 Å². The summed E-state index contributed by atoms with van der Waals surface area (Å²) in [5.41, 5.74) is 0.654. The summed E-state index contributed by atoms with van der Waals surface area (Å²) < 4.78 is 9.63. The maximum absolute atomic E-state index is 11.4. The van der Waals surface area contributed by atoms with Crippen LogP contribution in [0, 0.1) is 6.92 Å². The number of hydrogen-bond acceptors (Lipinski definition) is 5. The molecule has 5 nitrogen and oxygen atoms in total. The number of carbonyl (C=O) groups excluding carboxylic acids is 1. The number of aryl methyl sites for hydroxylation is 1. The van der Waals surface area contributed by atoms with Gasteiger partial charge in [0.15, 0.2) is 5.76 Å². The molecule has 0 radical (unpaired) electrons. The van der Waals surface area contributed by atoms with Crippen LogP contribution in [0.3, 0.4) is 0 Å². The van der Waals surface area contributed by atoms with Crippen LogP contribution in [0.4, 0.5) is 0 Å². The Morgan fingerprint density at radius 1 is 1.71 bits per heavy atom. The lowest BCUT2D eigenvalue weighted by Crippen LogP contribution is -2.09. The SMILES string of the molecule is CCOC(=O)c1c(C)noc1[C@@H](C)O. The first-order valence-electron chi connectivity index (χ1n) is 4.39. The molecule has 5 heteroatoms. The van der Waals surface area contributed by atoms with Crippen molar-refractivity contribution in [2.24, 2.45) is 0 Å². The van der Waals surface area contributed by atoms with E-state index in [-0.39, 0.29) is 17.9 Å². The summed E-state index contributed by atoms with van der Waals surface area (Å²) in [6.07, 6.45) is -0.865. The Balaban J connectivity index is 3.04. The molecule has 1 aromatic rings. The number of aliphatic hydroxyl groups excluding tert-OH is 1. The standard InChI is InChI=1S/C9H13NO4/c1-4-13-9(12)7-5(2)10-14-8(7)6(3)11/h6,11H,4H2,1-3H3/t6-/m1/s1. The summed E-state index contributed by atoms with van der Waals surface area (Å²) in [4.78, 5) is 11.4. The lowest BCUT2D eigenvalue weighted by molar-refractivity contribution is 0.0514. The van der Waals surface area contributed by atoms with Gasteiger partial charge in [0.05, 0.1) is 12.3 Å². The molecule has 0 amide bonds. The molecule has 0 spiro atoms. The highest BCUT2D eigenvalue weighted by atomic mass is 16.5. The van der Waals surface area contributed by atoms with Crippen molar-refractivity contribution in [2.45, 2.75) is 26.9 Å². The van der Waals surface area contributed by atoms with Gasteiger partial charge in [0, 0.05) is 0 Å². The predicted octanol–water partition coefficient (Wildman–Crippen LogP) is 1.21. The summed E-state index contributed by atoms with van der Waals surface area (Å²) in [5, 5.41) is 12.9. The Labute approximate surface area is 81.7 Å². The van der Waals surface area contributed by atoms with Crippen molar-refractivity contribution in [2.75, 3.05) is 6.61 Å². The minimum atomic E-state index is -0.865. The van der Waals surface area contributed by atoms with Crippen LogP contribution in [0.2, 0.25) is 0 Å². The molecular weight excluding hydrogens is 186 g/mol. The number of rotatable bonds is 3. The Bertz CT molecular complexity index is 330. The Morgan fingerprint density at radius 2 is 2.36 bits per heavy atom. The third-order valence-electron chi connectivity index (χ3n) is 1.75. The second kappa shape index (κ2) is 4.23. The molecule has 1 aromatic heterocycles. The van der Waals surface area contributed by atoms with E-state index in [1.54, 1.807) is 13.8 Å². The van der Waals surface area contributed by atoms with Gasteiger partial charge in [-0.1, -0.05) is 5.16 Å². The summed E-state index contributed by atoms with van der Waals surface area (Å²) in [7, 11) is 0. The highest BCUT2D eigenvalue weighted by Gasteiger charge is 2.24. The minimum absolute atomic E-state index is 0.154. The van der Waals surface area contributed by atoms with Crippen LogP contribution in [0.15, 0.2) is 4.52 Å². The fourth-order valence-corrected chi connectivity index (χ4v) is 1.12. The van der Waals surface area contributed by atoms with Crippen LogP contribution in [0.25, 0.3) is 0 Å². The third-order valence-corrected chi connectivity index (χ3v) is 1.75. The summed E-state index contributed by atoms with van der Waals surface area (Å²) >= 11 is 0. The maximum atomic E-state index is 11.4. The highest BCUT2D eigenvalue weighted by molar-refractivity contribution is 5.91. The first kappa shape index (κ1) is 10.7. The van der Waals surface area contributed by atoms with E-state index in [0.717, 1.165) is 0 Å². The number of ether oxygens (including phenoxy) is 1. The van der Waals surface area contributed by atoms with Crippen molar-refractivity contribution in [3.05, 3.63) is 17.0 Å². The van der Waals surface area contributed by atoms with Crippen molar-refractivity contribution in [3.8, 4) is 0 Å². The quantitative estimate of drug-likeness (QED) is 0.741. The third kappa shape index (κ3) is 1.93. The van der Waals surface area contributed by atoms with Gasteiger partial charge >= 0.3 is 5.97 Å². The molecule has 1 N–H and O–H groups in total. The molecular formula is C9H13NO4. The van der Waals surface area contributed by atoms with Crippen molar-refractivity contribution >= 4 is 5.97 Å². The van der Waals surface area contributed by atoms with E-state index >= 15 is 0 Å². The lowest BCUT2D eigenvalue weighted by atomic mass is 10.1. The van der Waals surface area contributed by atoms with Crippen molar-refractivity contribution < 1.29 is 19.2 Å². The average Bonchev–Trinajstić information content (AvgIpc) is 2.47. The number of carbonyl (C=O) groups is 1. The summed E-state index contributed by atoms with van der Waals surface area (Å²) in [6.45, 7) is 5.12. The predicted molar refractivity (Wildman–Crippen MR) is 47.8 cm³/mol. The van der Waals surface area contributed by atoms with Crippen molar-refractivity contribution in [1.29, 1.82) is 0 Å². The Morgan fingerprint density at radius 3 is 2.86 bits per heavy atom. The van der Waals surface area contributed by atoms with Gasteiger partial charge in [-0.2, -0.15) is 0 Å². The maximum Gasteiger partial charge on any atom is 0.343 e. The number of nitrogens with zero attached hydrogens (tertiary/aromatic N) is 1. The van der Waals surface area contributed by atoms with Gasteiger partial charge in [0.2, 0.25) is 0 Å². The average molecular weight is 199 g/mol. The van der Waals surface area contributed by atoms with E-state index in [1.165, 1.54) is 6.92 Å². The van der Waals surface area contributed by atoms with Crippen LogP contribution in [0.5, 0.6) is 0 Å². The zero-order valence-electron chi connectivity index (χ0n) is 8.40. The fourth-order valence-electron chi connectivity index (χ4n) is 1.12. The van der Waals surface area contributed by atoms with Gasteiger partial charge in [-0.25, -0.2) is 4.79 Å². The molecule has 0 saturated carbocycles. The Kier molecular flexibility index (Phi) is 3.24. The second-order valence-corrected chi connectivity index (χ2v) is 2.90. The minimum Gasteiger partial charge on any atom is -0.462 e. The van der Waals surface area contributed by atoms with Crippen LogP contribution in [0.1, 0.15) is 41.8 Å². The molecule has 14 heavy (non-hydrogen) atoms. The van der Waals surface area contributed by atoms with E-state index < -0.39 is 12.1 Å². The lowest BCUT2D eigenvalue weighted by Gasteiger charge is -2.03. The van der Waals surface area contributed by atoms with Gasteiger partial charge in [0.25, 0.3) is 0 Å². The molecule has 1 rings (SSSR count).